The van der Waals surface area contributed by atoms with Crippen molar-refractivity contribution >= 4 is 22.9 Å². The van der Waals surface area contributed by atoms with Gasteiger partial charge in [0.25, 0.3) is 0 Å². The highest BCUT2D eigenvalue weighted by molar-refractivity contribution is 7.11. The van der Waals surface area contributed by atoms with Crippen molar-refractivity contribution in [3.63, 3.8) is 0 Å². The fraction of sp³-hybridized carbons (Fsp3) is 0.412. The molecule has 1 heterocycles. The molecule has 0 spiro atoms. The minimum atomic E-state index is 0.140. The zero-order valence-corrected chi connectivity index (χ0v) is 14.6. The van der Waals surface area contributed by atoms with Crippen LogP contribution in [0, 0.1) is 6.92 Å². The van der Waals surface area contributed by atoms with Gasteiger partial charge in [-0.1, -0.05) is 11.6 Å². The predicted octanol–water partition coefficient (Wildman–Crippen LogP) is 5.18. The number of hydrogen-bond acceptors (Lipinski definition) is 3. The Labute approximate surface area is 136 Å². The molecule has 0 saturated heterocycles. The van der Waals surface area contributed by atoms with E-state index >= 15 is 0 Å². The van der Waals surface area contributed by atoms with E-state index in [1.807, 2.05) is 25.1 Å². The highest BCUT2D eigenvalue weighted by atomic mass is 35.5. The molecule has 0 bridgehead atoms. The highest BCUT2D eigenvalue weighted by Crippen LogP contribution is 2.23. The van der Waals surface area contributed by atoms with E-state index in [-0.39, 0.29) is 5.54 Å². The van der Waals surface area contributed by atoms with Crippen molar-refractivity contribution in [1.29, 1.82) is 0 Å². The summed E-state index contributed by atoms with van der Waals surface area (Å²) in [7, 11) is 0. The van der Waals surface area contributed by atoms with Gasteiger partial charge >= 0.3 is 0 Å². The Morgan fingerprint density at radius 1 is 1.14 bits per heavy atom. The van der Waals surface area contributed by atoms with Gasteiger partial charge in [-0.05, 0) is 63.6 Å². The normalized spacial score (nSPS) is 11.7. The number of benzene rings is 1. The van der Waals surface area contributed by atoms with Crippen molar-refractivity contribution in [3.8, 4) is 5.75 Å². The van der Waals surface area contributed by atoms with Gasteiger partial charge in [0.15, 0.2) is 0 Å². The second-order valence-corrected chi connectivity index (χ2v) is 7.83. The van der Waals surface area contributed by atoms with Gasteiger partial charge in [0.2, 0.25) is 0 Å². The molecule has 0 fully saturated rings. The molecule has 0 unspecified atom stereocenters. The van der Waals surface area contributed by atoms with Crippen LogP contribution in [0.4, 0.5) is 0 Å². The molecule has 2 rings (SSSR count). The van der Waals surface area contributed by atoms with Crippen LogP contribution in [-0.2, 0) is 13.2 Å². The van der Waals surface area contributed by atoms with Crippen LogP contribution in [0.2, 0.25) is 5.02 Å². The monoisotopic (exact) mass is 323 g/mol. The third kappa shape index (κ3) is 5.34. The van der Waals surface area contributed by atoms with Crippen molar-refractivity contribution in [2.45, 2.75) is 46.4 Å². The van der Waals surface area contributed by atoms with Gasteiger partial charge < -0.3 is 10.1 Å². The molecule has 21 heavy (non-hydrogen) atoms. The first-order valence-electron chi connectivity index (χ1n) is 7.05. The number of thiophene rings is 1. The Kier molecular flexibility index (Phi) is 5.31. The van der Waals surface area contributed by atoms with Gasteiger partial charge in [-0.25, -0.2) is 0 Å². The average molecular weight is 324 g/mol. The largest absolute Gasteiger partial charge is 0.488 e. The van der Waals surface area contributed by atoms with E-state index in [9.17, 15) is 0 Å². The molecular formula is C17H22ClNOS. The first-order chi connectivity index (χ1) is 9.83. The van der Waals surface area contributed by atoms with E-state index in [2.05, 4.69) is 38.2 Å². The minimum absolute atomic E-state index is 0.140. The molecule has 0 atom stereocenters. The molecule has 2 aromatic rings. The van der Waals surface area contributed by atoms with Crippen molar-refractivity contribution in [2.75, 3.05) is 0 Å². The molecular weight excluding hydrogens is 302 g/mol. The third-order valence-electron chi connectivity index (χ3n) is 3.02. The van der Waals surface area contributed by atoms with E-state index in [0.29, 0.717) is 6.61 Å². The second-order valence-electron chi connectivity index (χ2n) is 6.17. The smallest absolute Gasteiger partial charge is 0.122 e. The quantitative estimate of drug-likeness (QED) is 0.818. The molecule has 1 N–H and O–H groups in total. The minimum Gasteiger partial charge on any atom is -0.488 e. The molecule has 114 valence electrons. The molecule has 4 heteroatoms. The van der Waals surface area contributed by atoms with E-state index in [1.165, 1.54) is 9.75 Å². The average Bonchev–Trinajstić information content (AvgIpc) is 2.85. The molecule has 1 aromatic heterocycles. The van der Waals surface area contributed by atoms with Crippen LogP contribution >= 0.6 is 22.9 Å². The Morgan fingerprint density at radius 3 is 2.52 bits per heavy atom. The van der Waals surface area contributed by atoms with Crippen LogP contribution in [0.15, 0.2) is 30.3 Å². The SMILES string of the molecule is Cc1cc(OCc2ccc(CNC(C)(C)C)s2)ccc1Cl. The molecule has 0 saturated carbocycles. The number of nitrogens with one attached hydrogen (secondary N) is 1. The van der Waals surface area contributed by atoms with E-state index in [4.69, 9.17) is 16.3 Å². The zero-order valence-electron chi connectivity index (χ0n) is 13.0. The number of aryl methyl sites for hydroxylation is 1. The lowest BCUT2D eigenvalue weighted by atomic mass is 10.1. The second kappa shape index (κ2) is 6.82. The van der Waals surface area contributed by atoms with Gasteiger partial charge in [0.1, 0.15) is 12.4 Å². The van der Waals surface area contributed by atoms with Crippen molar-refractivity contribution < 1.29 is 4.74 Å². The van der Waals surface area contributed by atoms with E-state index in [0.717, 1.165) is 22.9 Å². The third-order valence-corrected chi connectivity index (χ3v) is 4.50. The summed E-state index contributed by atoms with van der Waals surface area (Å²) < 4.78 is 5.82. The Bertz CT molecular complexity index is 601. The first-order valence-corrected chi connectivity index (χ1v) is 8.24. The van der Waals surface area contributed by atoms with Gasteiger partial charge in [-0.2, -0.15) is 0 Å². The molecule has 1 aromatic carbocycles. The molecule has 2 nitrogen and oxygen atoms in total. The lowest BCUT2D eigenvalue weighted by molar-refractivity contribution is 0.309. The summed E-state index contributed by atoms with van der Waals surface area (Å²) in [5.41, 5.74) is 1.18. The zero-order chi connectivity index (χ0) is 15.5. The molecule has 0 aliphatic heterocycles. The molecule has 0 radical (unpaired) electrons. The number of ether oxygens (including phenoxy) is 1. The first kappa shape index (κ1) is 16.3. The van der Waals surface area contributed by atoms with Gasteiger partial charge in [0, 0.05) is 26.9 Å². The summed E-state index contributed by atoms with van der Waals surface area (Å²) in [5, 5.41) is 4.27. The highest BCUT2D eigenvalue weighted by Gasteiger charge is 2.09. The summed E-state index contributed by atoms with van der Waals surface area (Å²) in [4.78, 5) is 2.56. The van der Waals surface area contributed by atoms with Gasteiger partial charge in [0.05, 0.1) is 0 Å². The summed E-state index contributed by atoms with van der Waals surface area (Å²) in [6.07, 6.45) is 0. The lowest BCUT2D eigenvalue weighted by Crippen LogP contribution is -2.34. The summed E-state index contributed by atoms with van der Waals surface area (Å²) in [6, 6.07) is 10.0. The Hall–Kier alpha value is -1.03. The van der Waals surface area contributed by atoms with Crippen LogP contribution in [-0.4, -0.2) is 5.54 Å². The van der Waals surface area contributed by atoms with Crippen LogP contribution in [0.5, 0.6) is 5.75 Å². The fourth-order valence-electron chi connectivity index (χ4n) is 1.81. The van der Waals surface area contributed by atoms with Crippen LogP contribution < -0.4 is 10.1 Å². The maximum Gasteiger partial charge on any atom is 0.122 e. The Morgan fingerprint density at radius 2 is 1.86 bits per heavy atom. The van der Waals surface area contributed by atoms with Crippen molar-refractivity contribution in [1.82, 2.24) is 5.32 Å². The van der Waals surface area contributed by atoms with Crippen molar-refractivity contribution in [2.24, 2.45) is 0 Å². The maximum absolute atomic E-state index is 6.01. The summed E-state index contributed by atoms with van der Waals surface area (Å²) in [5.74, 6) is 0.861. The topological polar surface area (TPSA) is 21.3 Å². The Balaban J connectivity index is 1.89. The standard InChI is InChI=1S/C17H22ClNOS/c1-12-9-13(5-8-16(12)18)20-11-15-7-6-14(21-15)10-19-17(2,3)4/h5-9,19H,10-11H2,1-4H3. The summed E-state index contributed by atoms with van der Waals surface area (Å²) in [6.45, 7) is 10.0. The summed E-state index contributed by atoms with van der Waals surface area (Å²) >= 11 is 7.80. The van der Waals surface area contributed by atoms with Gasteiger partial charge in [-0.3, -0.25) is 0 Å². The van der Waals surface area contributed by atoms with Crippen LogP contribution in [0.3, 0.4) is 0 Å². The lowest BCUT2D eigenvalue weighted by Gasteiger charge is -2.19. The van der Waals surface area contributed by atoms with Crippen LogP contribution in [0.25, 0.3) is 0 Å². The predicted molar refractivity (Wildman–Crippen MR) is 91.4 cm³/mol. The maximum atomic E-state index is 6.01. The number of halogens is 1. The van der Waals surface area contributed by atoms with Crippen molar-refractivity contribution in [3.05, 3.63) is 50.7 Å². The molecule has 0 aliphatic rings. The van der Waals surface area contributed by atoms with E-state index < -0.39 is 0 Å². The molecule has 0 aliphatic carbocycles. The van der Waals surface area contributed by atoms with E-state index in [1.54, 1.807) is 11.3 Å². The number of hydrogen-bond donors (Lipinski definition) is 1. The molecule has 0 amide bonds. The number of rotatable bonds is 5. The van der Waals surface area contributed by atoms with Gasteiger partial charge in [-0.15, -0.1) is 11.3 Å². The fourth-order valence-corrected chi connectivity index (χ4v) is 2.80. The van der Waals surface area contributed by atoms with Crippen LogP contribution in [0.1, 0.15) is 36.1 Å².